The van der Waals surface area contributed by atoms with Crippen LogP contribution in [-0.4, -0.2) is 26.6 Å². The lowest BCUT2D eigenvalue weighted by atomic mass is 10.1. The molecule has 0 amide bonds. The topological polar surface area (TPSA) is 52.8 Å². The van der Waals surface area contributed by atoms with E-state index in [0.717, 1.165) is 43.0 Å². The predicted octanol–water partition coefficient (Wildman–Crippen LogP) is 4.37. The zero-order valence-corrected chi connectivity index (χ0v) is 14.4. The maximum atomic E-state index is 5.70. The third-order valence-electron chi connectivity index (χ3n) is 4.04. The average Bonchev–Trinajstić information content (AvgIpc) is 3.14. The van der Waals surface area contributed by atoms with Crippen molar-refractivity contribution in [3.05, 3.63) is 61.1 Å². The second-order valence-electron chi connectivity index (χ2n) is 6.04. The van der Waals surface area contributed by atoms with E-state index in [1.165, 1.54) is 19.3 Å². The maximum Gasteiger partial charge on any atom is 0.119 e. The van der Waals surface area contributed by atoms with Crippen LogP contribution in [0.1, 0.15) is 32.1 Å². The van der Waals surface area contributed by atoms with Gasteiger partial charge < -0.3 is 4.74 Å². The fraction of sp³-hybridized carbons (Fsp3) is 0.350. The lowest BCUT2D eigenvalue weighted by Gasteiger charge is -2.05. The number of benzene rings is 1. The molecule has 0 bridgehead atoms. The van der Waals surface area contributed by atoms with Crippen molar-refractivity contribution in [3.63, 3.8) is 0 Å². The number of rotatable bonds is 10. The van der Waals surface area contributed by atoms with Crippen LogP contribution in [0.4, 0.5) is 0 Å². The van der Waals surface area contributed by atoms with E-state index in [4.69, 9.17) is 4.74 Å². The molecular weight excluding hydrogens is 312 g/mol. The second-order valence-corrected chi connectivity index (χ2v) is 6.04. The van der Waals surface area contributed by atoms with E-state index in [9.17, 15) is 0 Å². The van der Waals surface area contributed by atoms with Crippen molar-refractivity contribution in [3.8, 4) is 17.0 Å². The van der Waals surface area contributed by atoms with E-state index in [0.29, 0.717) is 0 Å². The van der Waals surface area contributed by atoms with E-state index in [1.54, 1.807) is 6.20 Å². The average molecular weight is 336 g/mol. The van der Waals surface area contributed by atoms with Gasteiger partial charge in [-0.15, -0.1) is 5.10 Å². The molecule has 3 rings (SSSR count). The molecule has 5 heteroatoms. The first-order valence-electron chi connectivity index (χ1n) is 8.90. The van der Waals surface area contributed by atoms with Crippen LogP contribution in [-0.2, 0) is 6.54 Å². The molecule has 25 heavy (non-hydrogen) atoms. The fourth-order valence-electron chi connectivity index (χ4n) is 2.67. The molecule has 0 aliphatic rings. The molecule has 3 aromatic rings. The summed E-state index contributed by atoms with van der Waals surface area (Å²) in [5.41, 5.74) is 1.89. The largest absolute Gasteiger partial charge is 0.494 e. The molecule has 0 radical (unpaired) electrons. The summed E-state index contributed by atoms with van der Waals surface area (Å²) in [5, 5.41) is 8.40. The lowest BCUT2D eigenvalue weighted by molar-refractivity contribution is 0.304. The molecule has 1 aromatic carbocycles. The van der Waals surface area contributed by atoms with Gasteiger partial charge in [0.25, 0.3) is 0 Å². The molecular formula is C20H24N4O. The summed E-state index contributed by atoms with van der Waals surface area (Å²) in [6, 6.07) is 13.9. The number of nitrogens with zero attached hydrogens (tertiary/aromatic N) is 4. The molecule has 5 nitrogen and oxygen atoms in total. The zero-order valence-electron chi connectivity index (χ0n) is 14.4. The van der Waals surface area contributed by atoms with Gasteiger partial charge in [0.05, 0.1) is 12.8 Å². The van der Waals surface area contributed by atoms with Crippen molar-refractivity contribution in [2.45, 2.75) is 38.6 Å². The summed E-state index contributed by atoms with van der Waals surface area (Å²) < 4.78 is 7.62. The first kappa shape index (κ1) is 17.1. The van der Waals surface area contributed by atoms with E-state index in [1.807, 2.05) is 59.5 Å². The van der Waals surface area contributed by atoms with E-state index in [-0.39, 0.29) is 0 Å². The van der Waals surface area contributed by atoms with Gasteiger partial charge in [-0.3, -0.25) is 9.67 Å². The van der Waals surface area contributed by atoms with Crippen molar-refractivity contribution in [2.75, 3.05) is 6.61 Å². The highest BCUT2D eigenvalue weighted by molar-refractivity contribution is 5.55. The van der Waals surface area contributed by atoms with Gasteiger partial charge in [-0.05, 0) is 37.1 Å². The van der Waals surface area contributed by atoms with Crippen molar-refractivity contribution < 1.29 is 4.74 Å². The predicted molar refractivity (Wildman–Crippen MR) is 98.3 cm³/mol. The highest BCUT2D eigenvalue weighted by Gasteiger charge is 2.03. The quantitative estimate of drug-likeness (QED) is 0.516. The van der Waals surface area contributed by atoms with Crippen LogP contribution < -0.4 is 4.74 Å². The van der Waals surface area contributed by atoms with Crippen LogP contribution in [0.15, 0.2) is 61.1 Å². The van der Waals surface area contributed by atoms with E-state index < -0.39 is 0 Å². The van der Waals surface area contributed by atoms with Gasteiger partial charge in [0.1, 0.15) is 11.4 Å². The van der Waals surface area contributed by atoms with Crippen LogP contribution in [0.2, 0.25) is 0 Å². The molecule has 130 valence electrons. The first-order chi connectivity index (χ1) is 12.4. The Hall–Kier alpha value is -2.69. The number of aromatic nitrogens is 4. The maximum absolute atomic E-state index is 5.70. The van der Waals surface area contributed by atoms with Crippen molar-refractivity contribution in [1.82, 2.24) is 20.0 Å². The third-order valence-corrected chi connectivity index (χ3v) is 4.04. The standard InChI is InChI=1S/C20H24N4O/c1(3-8-15-25-19-11-5-4-6-12-19)2-7-14-24-17-20(22-23-24)18-10-9-13-21-16-18/h4-6,9-13,16-17H,1-3,7-8,14-15H2. The van der Waals surface area contributed by atoms with E-state index >= 15 is 0 Å². The molecule has 2 aromatic heterocycles. The highest BCUT2D eigenvalue weighted by Crippen LogP contribution is 2.14. The van der Waals surface area contributed by atoms with Crippen LogP contribution in [0.3, 0.4) is 0 Å². The number of hydrogen-bond donors (Lipinski definition) is 0. The Morgan fingerprint density at radius 3 is 2.56 bits per heavy atom. The summed E-state index contributed by atoms with van der Waals surface area (Å²) in [4.78, 5) is 4.11. The highest BCUT2D eigenvalue weighted by atomic mass is 16.5. The molecule has 0 saturated carbocycles. The molecule has 0 unspecified atom stereocenters. The van der Waals surface area contributed by atoms with Gasteiger partial charge in [0.15, 0.2) is 0 Å². The first-order valence-corrected chi connectivity index (χ1v) is 8.90. The second kappa shape index (κ2) is 9.57. The Morgan fingerprint density at radius 2 is 1.72 bits per heavy atom. The number of aryl methyl sites for hydroxylation is 1. The lowest BCUT2D eigenvalue weighted by Crippen LogP contribution is -1.99. The molecule has 0 atom stereocenters. The normalized spacial score (nSPS) is 10.7. The van der Waals surface area contributed by atoms with Gasteiger partial charge in [-0.2, -0.15) is 0 Å². The number of ether oxygens (including phenoxy) is 1. The number of para-hydroxylation sites is 1. The number of pyridine rings is 1. The third kappa shape index (κ3) is 5.71. The Kier molecular flexibility index (Phi) is 6.56. The fourth-order valence-corrected chi connectivity index (χ4v) is 2.67. The van der Waals surface area contributed by atoms with Gasteiger partial charge in [-0.25, -0.2) is 0 Å². The molecule has 0 aliphatic heterocycles. The van der Waals surface area contributed by atoms with Crippen LogP contribution >= 0.6 is 0 Å². The van der Waals surface area contributed by atoms with Crippen molar-refractivity contribution in [2.24, 2.45) is 0 Å². The Bertz CT molecular complexity index is 728. The molecule has 0 fully saturated rings. The minimum Gasteiger partial charge on any atom is -0.494 e. The van der Waals surface area contributed by atoms with Crippen LogP contribution in [0.25, 0.3) is 11.3 Å². The molecule has 0 saturated heterocycles. The minimum absolute atomic E-state index is 0.793. The van der Waals surface area contributed by atoms with Gasteiger partial charge in [-0.1, -0.05) is 42.7 Å². The summed E-state index contributed by atoms with van der Waals surface area (Å²) in [6.45, 7) is 1.70. The zero-order chi connectivity index (χ0) is 17.2. The van der Waals surface area contributed by atoms with Crippen LogP contribution in [0, 0.1) is 0 Å². The number of hydrogen-bond acceptors (Lipinski definition) is 4. The minimum atomic E-state index is 0.793. The SMILES string of the molecule is c1ccc(OCCCCCCCn2cc(-c3cccnc3)nn2)cc1. The van der Waals surface area contributed by atoms with Gasteiger partial charge in [0.2, 0.25) is 0 Å². The van der Waals surface area contributed by atoms with Gasteiger partial charge in [0, 0.05) is 24.5 Å². The summed E-state index contributed by atoms with van der Waals surface area (Å²) in [6.07, 6.45) is 11.4. The van der Waals surface area contributed by atoms with E-state index in [2.05, 4.69) is 15.3 Å². The molecule has 0 aliphatic carbocycles. The molecule has 2 heterocycles. The number of unbranched alkanes of at least 4 members (excludes halogenated alkanes) is 4. The smallest absolute Gasteiger partial charge is 0.119 e. The van der Waals surface area contributed by atoms with Crippen molar-refractivity contribution >= 4 is 0 Å². The molecule has 0 spiro atoms. The Morgan fingerprint density at radius 1 is 0.880 bits per heavy atom. The summed E-state index contributed by atoms with van der Waals surface area (Å²) in [5.74, 6) is 0.957. The Balaban J connectivity index is 1.26. The van der Waals surface area contributed by atoms with Crippen molar-refractivity contribution in [1.29, 1.82) is 0 Å². The van der Waals surface area contributed by atoms with Gasteiger partial charge >= 0.3 is 0 Å². The van der Waals surface area contributed by atoms with Crippen LogP contribution in [0.5, 0.6) is 5.75 Å². The summed E-state index contributed by atoms with van der Waals surface area (Å²) >= 11 is 0. The Labute approximate surface area is 148 Å². The molecule has 0 N–H and O–H groups in total. The summed E-state index contributed by atoms with van der Waals surface area (Å²) in [7, 11) is 0. The monoisotopic (exact) mass is 336 g/mol.